The molecule has 1 unspecified atom stereocenters. The van der Waals surface area contributed by atoms with Gasteiger partial charge in [0.05, 0.1) is 11.7 Å². The number of hydrogen-bond acceptors (Lipinski definition) is 2. The van der Waals surface area contributed by atoms with Gasteiger partial charge in [0, 0.05) is 12.6 Å². The molecule has 0 radical (unpaired) electrons. The molecule has 1 rings (SSSR count). The Balaban J connectivity index is 2.59. The molecule has 0 saturated heterocycles. The Hall–Kier alpha value is -0.0800. The average molecular weight is 255 g/mol. The molecule has 1 atom stereocenters. The van der Waals surface area contributed by atoms with E-state index in [1.807, 2.05) is 0 Å². The van der Waals surface area contributed by atoms with Crippen molar-refractivity contribution in [3.63, 3.8) is 0 Å². The first-order valence-electron chi connectivity index (χ1n) is 7.99. The Labute approximate surface area is 114 Å². The van der Waals surface area contributed by atoms with Crippen molar-refractivity contribution in [2.75, 3.05) is 6.54 Å². The summed E-state index contributed by atoms with van der Waals surface area (Å²) in [7, 11) is 0. The summed E-state index contributed by atoms with van der Waals surface area (Å²) in [5.74, 6) is 0. The lowest BCUT2D eigenvalue weighted by atomic mass is 9.93. The third kappa shape index (κ3) is 5.71. The highest BCUT2D eigenvalue weighted by Crippen LogP contribution is 2.32. The zero-order valence-corrected chi connectivity index (χ0v) is 12.9. The van der Waals surface area contributed by atoms with E-state index in [0.29, 0.717) is 12.1 Å². The molecule has 1 N–H and O–H groups in total. The molecule has 1 aliphatic rings. The number of nitrogens with one attached hydrogen (secondary N) is 1. The van der Waals surface area contributed by atoms with Crippen LogP contribution in [0.2, 0.25) is 0 Å². The van der Waals surface area contributed by atoms with Gasteiger partial charge in [-0.1, -0.05) is 52.9 Å². The van der Waals surface area contributed by atoms with Crippen molar-refractivity contribution in [3.05, 3.63) is 0 Å². The monoisotopic (exact) mass is 255 g/mol. The number of rotatable bonds is 7. The van der Waals surface area contributed by atoms with E-state index in [1.165, 1.54) is 51.4 Å². The van der Waals surface area contributed by atoms with Crippen LogP contribution in [0.1, 0.15) is 79.1 Å². The average Bonchev–Trinajstić information content (AvgIpc) is 2.53. The minimum absolute atomic E-state index is 0.107. The van der Waals surface area contributed by atoms with Gasteiger partial charge in [-0.05, 0) is 26.2 Å². The lowest BCUT2D eigenvalue weighted by Gasteiger charge is -2.37. The second kappa shape index (κ2) is 8.16. The lowest BCUT2D eigenvalue weighted by molar-refractivity contribution is -0.0976. The van der Waals surface area contributed by atoms with Crippen molar-refractivity contribution in [2.45, 2.75) is 96.8 Å². The largest absolute Gasteiger partial charge is 0.371 e. The lowest BCUT2D eigenvalue weighted by Crippen LogP contribution is -2.46. The van der Waals surface area contributed by atoms with Crippen LogP contribution in [0.25, 0.3) is 0 Å². The van der Waals surface area contributed by atoms with E-state index in [2.05, 4.69) is 33.0 Å². The second-order valence-electron chi connectivity index (χ2n) is 6.35. The van der Waals surface area contributed by atoms with Gasteiger partial charge < -0.3 is 10.1 Å². The van der Waals surface area contributed by atoms with E-state index >= 15 is 0 Å². The molecule has 2 nitrogen and oxygen atoms in total. The maximum atomic E-state index is 6.49. The summed E-state index contributed by atoms with van der Waals surface area (Å²) >= 11 is 0. The number of hydrogen-bond donors (Lipinski definition) is 1. The van der Waals surface area contributed by atoms with Gasteiger partial charge >= 0.3 is 0 Å². The van der Waals surface area contributed by atoms with Gasteiger partial charge in [-0.25, -0.2) is 0 Å². The maximum absolute atomic E-state index is 6.49. The highest BCUT2D eigenvalue weighted by atomic mass is 16.5. The van der Waals surface area contributed by atoms with Gasteiger partial charge in [0.15, 0.2) is 0 Å². The highest BCUT2D eigenvalue weighted by Gasteiger charge is 2.33. The Bertz CT molecular complexity index is 207. The molecule has 1 fully saturated rings. The summed E-state index contributed by atoms with van der Waals surface area (Å²) < 4.78 is 6.49. The molecule has 0 amide bonds. The molecule has 18 heavy (non-hydrogen) atoms. The molecule has 0 aromatic rings. The fourth-order valence-corrected chi connectivity index (χ4v) is 2.99. The van der Waals surface area contributed by atoms with Crippen LogP contribution in [-0.4, -0.2) is 24.3 Å². The topological polar surface area (TPSA) is 21.3 Å². The van der Waals surface area contributed by atoms with Crippen molar-refractivity contribution < 1.29 is 4.74 Å². The van der Waals surface area contributed by atoms with Gasteiger partial charge in [-0.2, -0.15) is 0 Å². The van der Waals surface area contributed by atoms with Gasteiger partial charge in [0.2, 0.25) is 0 Å². The normalized spacial score (nSPS) is 21.8. The molecule has 2 heteroatoms. The molecule has 1 aliphatic carbocycles. The summed E-state index contributed by atoms with van der Waals surface area (Å²) in [6.45, 7) is 9.95. The zero-order chi connectivity index (χ0) is 13.4. The van der Waals surface area contributed by atoms with Crippen molar-refractivity contribution in [1.82, 2.24) is 5.32 Å². The smallest absolute Gasteiger partial charge is 0.0810 e. The van der Waals surface area contributed by atoms with Crippen LogP contribution < -0.4 is 5.32 Å². The van der Waals surface area contributed by atoms with Crippen molar-refractivity contribution in [3.8, 4) is 0 Å². The van der Waals surface area contributed by atoms with Crippen LogP contribution in [-0.2, 0) is 4.74 Å². The van der Waals surface area contributed by atoms with Gasteiger partial charge in [-0.3, -0.25) is 0 Å². The van der Waals surface area contributed by atoms with Crippen molar-refractivity contribution in [2.24, 2.45) is 0 Å². The van der Waals surface area contributed by atoms with E-state index in [9.17, 15) is 0 Å². The van der Waals surface area contributed by atoms with Crippen LogP contribution in [0.15, 0.2) is 0 Å². The molecule has 0 bridgehead atoms. The van der Waals surface area contributed by atoms with E-state index < -0.39 is 0 Å². The summed E-state index contributed by atoms with van der Waals surface area (Å²) in [6, 6.07) is 0.551. The molecular weight excluding hydrogens is 222 g/mol. The molecule has 0 heterocycles. The Morgan fingerprint density at radius 3 is 2.17 bits per heavy atom. The Morgan fingerprint density at radius 2 is 1.67 bits per heavy atom. The minimum Gasteiger partial charge on any atom is -0.371 e. The third-order valence-electron chi connectivity index (χ3n) is 3.99. The summed E-state index contributed by atoms with van der Waals surface area (Å²) in [5, 5.41) is 3.61. The standard InChI is InChI=1S/C16H33NO/c1-5-10-15(4)18-16(13-17-14(2)3)11-8-6-7-9-12-16/h14-15,17H,5-13H2,1-4H3. The molecule has 1 saturated carbocycles. The van der Waals surface area contributed by atoms with E-state index in [1.54, 1.807) is 0 Å². The first-order valence-corrected chi connectivity index (χ1v) is 7.99. The van der Waals surface area contributed by atoms with Gasteiger partial charge in [0.25, 0.3) is 0 Å². The van der Waals surface area contributed by atoms with E-state index in [4.69, 9.17) is 4.74 Å². The number of ether oxygens (including phenoxy) is 1. The molecule has 108 valence electrons. The fourth-order valence-electron chi connectivity index (χ4n) is 2.99. The first-order chi connectivity index (χ1) is 8.58. The SMILES string of the molecule is CCCC(C)OC1(CNC(C)C)CCCCCC1. The molecule has 0 aromatic heterocycles. The predicted molar refractivity (Wildman–Crippen MR) is 79.0 cm³/mol. The Morgan fingerprint density at radius 1 is 1.06 bits per heavy atom. The molecular formula is C16H33NO. The highest BCUT2D eigenvalue weighted by molar-refractivity contribution is 4.87. The van der Waals surface area contributed by atoms with Crippen LogP contribution in [0.3, 0.4) is 0 Å². The van der Waals surface area contributed by atoms with Gasteiger partial charge in [-0.15, -0.1) is 0 Å². The van der Waals surface area contributed by atoms with Crippen molar-refractivity contribution >= 4 is 0 Å². The minimum atomic E-state index is 0.107. The molecule has 0 spiro atoms. The quantitative estimate of drug-likeness (QED) is 0.685. The molecule has 0 aromatic carbocycles. The predicted octanol–water partition coefficient (Wildman–Crippen LogP) is 4.28. The van der Waals surface area contributed by atoms with Crippen LogP contribution in [0.4, 0.5) is 0 Å². The molecule has 0 aliphatic heterocycles. The summed E-state index contributed by atoms with van der Waals surface area (Å²) in [5.41, 5.74) is 0.107. The zero-order valence-electron chi connectivity index (χ0n) is 12.9. The summed E-state index contributed by atoms with van der Waals surface area (Å²) in [4.78, 5) is 0. The van der Waals surface area contributed by atoms with E-state index in [0.717, 1.165) is 6.54 Å². The van der Waals surface area contributed by atoms with E-state index in [-0.39, 0.29) is 5.60 Å². The van der Waals surface area contributed by atoms with Crippen LogP contribution in [0.5, 0.6) is 0 Å². The van der Waals surface area contributed by atoms with Gasteiger partial charge in [0.1, 0.15) is 0 Å². The van der Waals surface area contributed by atoms with Crippen LogP contribution >= 0.6 is 0 Å². The van der Waals surface area contributed by atoms with Crippen LogP contribution in [0, 0.1) is 0 Å². The summed E-state index contributed by atoms with van der Waals surface area (Å²) in [6.07, 6.45) is 10.7. The fraction of sp³-hybridized carbons (Fsp3) is 1.00. The Kier molecular flexibility index (Phi) is 7.25. The first kappa shape index (κ1) is 16.0. The second-order valence-corrected chi connectivity index (χ2v) is 6.35. The third-order valence-corrected chi connectivity index (χ3v) is 3.99. The van der Waals surface area contributed by atoms with Crippen molar-refractivity contribution in [1.29, 1.82) is 0 Å². The maximum Gasteiger partial charge on any atom is 0.0810 e.